The zero-order valence-electron chi connectivity index (χ0n) is 12.5. The van der Waals surface area contributed by atoms with Crippen LogP contribution in [-0.4, -0.2) is 26.2 Å². The van der Waals surface area contributed by atoms with E-state index in [1.54, 1.807) is 7.11 Å². The van der Waals surface area contributed by atoms with Crippen molar-refractivity contribution >= 4 is 5.91 Å². The van der Waals surface area contributed by atoms with E-state index in [-0.39, 0.29) is 5.91 Å². The highest BCUT2D eigenvalue weighted by molar-refractivity contribution is 5.78. The maximum absolute atomic E-state index is 11.9. The zero-order valence-corrected chi connectivity index (χ0v) is 12.5. The van der Waals surface area contributed by atoms with E-state index in [0.717, 1.165) is 12.0 Å². The molecule has 1 N–H and O–H groups in total. The van der Waals surface area contributed by atoms with Gasteiger partial charge in [-0.1, -0.05) is 32.0 Å². The van der Waals surface area contributed by atoms with Crippen molar-refractivity contribution in [1.29, 1.82) is 0 Å². The molecule has 0 aromatic heterocycles. The summed E-state index contributed by atoms with van der Waals surface area (Å²) >= 11 is 0. The van der Waals surface area contributed by atoms with Crippen LogP contribution in [0.25, 0.3) is 0 Å². The molecule has 0 aliphatic carbocycles. The van der Waals surface area contributed by atoms with Gasteiger partial charge in [-0.05, 0) is 36.0 Å². The Kier molecular flexibility index (Phi) is 6.57. The third kappa shape index (κ3) is 5.43. The first-order chi connectivity index (χ1) is 9.04. The van der Waals surface area contributed by atoms with E-state index >= 15 is 0 Å². The summed E-state index contributed by atoms with van der Waals surface area (Å²) in [5.74, 6) is 0.573. The van der Waals surface area contributed by atoms with Gasteiger partial charge in [-0.15, -0.1) is 0 Å². The van der Waals surface area contributed by atoms with Gasteiger partial charge in [-0.2, -0.15) is 0 Å². The lowest BCUT2D eigenvalue weighted by atomic mass is 9.96. The first-order valence-corrected chi connectivity index (χ1v) is 6.89. The topological polar surface area (TPSA) is 38.3 Å². The lowest BCUT2D eigenvalue weighted by Gasteiger charge is -2.11. The first kappa shape index (κ1) is 15.7. The Hall–Kier alpha value is -1.35. The minimum atomic E-state index is 0.0834. The van der Waals surface area contributed by atoms with E-state index in [4.69, 9.17) is 4.74 Å². The highest BCUT2D eigenvalue weighted by Gasteiger charge is 2.08. The molecule has 0 aliphatic heterocycles. The number of aryl methyl sites for hydroxylation is 1. The van der Waals surface area contributed by atoms with Crippen molar-refractivity contribution in [2.75, 3.05) is 20.3 Å². The molecule has 1 aromatic rings. The zero-order chi connectivity index (χ0) is 14.3. The van der Waals surface area contributed by atoms with Gasteiger partial charge in [-0.25, -0.2) is 0 Å². The molecule has 0 unspecified atom stereocenters. The van der Waals surface area contributed by atoms with Gasteiger partial charge < -0.3 is 10.1 Å². The molecule has 0 saturated heterocycles. The van der Waals surface area contributed by atoms with Gasteiger partial charge in [0.05, 0.1) is 6.42 Å². The lowest BCUT2D eigenvalue weighted by Crippen LogP contribution is -2.27. The van der Waals surface area contributed by atoms with Gasteiger partial charge in [-0.3, -0.25) is 4.79 Å². The molecule has 3 nitrogen and oxygen atoms in total. The van der Waals surface area contributed by atoms with Crippen LogP contribution >= 0.6 is 0 Å². The van der Waals surface area contributed by atoms with E-state index < -0.39 is 0 Å². The second kappa shape index (κ2) is 7.95. The number of methoxy groups -OCH3 is 1. The third-order valence-electron chi connectivity index (χ3n) is 3.24. The Morgan fingerprint density at radius 1 is 1.37 bits per heavy atom. The maximum Gasteiger partial charge on any atom is 0.224 e. The fourth-order valence-corrected chi connectivity index (χ4v) is 1.92. The molecule has 0 radical (unpaired) electrons. The van der Waals surface area contributed by atoms with Crippen LogP contribution < -0.4 is 5.32 Å². The molecular formula is C16H25NO2. The molecular weight excluding hydrogens is 238 g/mol. The summed E-state index contributed by atoms with van der Waals surface area (Å²) in [6.07, 6.45) is 1.31. The number of rotatable bonds is 7. The van der Waals surface area contributed by atoms with E-state index in [9.17, 15) is 4.79 Å². The highest BCUT2D eigenvalue weighted by atomic mass is 16.5. The fraction of sp³-hybridized carbons (Fsp3) is 0.562. The monoisotopic (exact) mass is 263 g/mol. The van der Waals surface area contributed by atoms with Crippen molar-refractivity contribution in [1.82, 2.24) is 5.32 Å². The van der Waals surface area contributed by atoms with E-state index in [1.165, 1.54) is 11.1 Å². The summed E-state index contributed by atoms with van der Waals surface area (Å²) in [4.78, 5) is 11.9. The SMILES string of the molecule is COCCCNC(=O)Cc1cc(C(C)C)ccc1C. The second-order valence-corrected chi connectivity index (χ2v) is 5.21. The number of hydrogen-bond donors (Lipinski definition) is 1. The van der Waals surface area contributed by atoms with E-state index in [1.807, 2.05) is 0 Å². The summed E-state index contributed by atoms with van der Waals surface area (Å²) in [5, 5.41) is 2.92. The van der Waals surface area contributed by atoms with Gasteiger partial charge in [0.25, 0.3) is 0 Å². The van der Waals surface area contributed by atoms with Crippen molar-refractivity contribution in [2.45, 2.75) is 39.5 Å². The molecule has 0 heterocycles. The molecule has 3 heteroatoms. The fourth-order valence-electron chi connectivity index (χ4n) is 1.92. The average Bonchev–Trinajstić information content (AvgIpc) is 2.37. The van der Waals surface area contributed by atoms with Crippen LogP contribution in [0.4, 0.5) is 0 Å². The van der Waals surface area contributed by atoms with Crippen LogP contribution in [0.3, 0.4) is 0 Å². The molecule has 1 amide bonds. The van der Waals surface area contributed by atoms with Crippen molar-refractivity contribution < 1.29 is 9.53 Å². The Morgan fingerprint density at radius 2 is 2.11 bits per heavy atom. The van der Waals surface area contributed by atoms with Crippen LogP contribution in [0.1, 0.15) is 42.9 Å². The molecule has 0 bridgehead atoms. The highest BCUT2D eigenvalue weighted by Crippen LogP contribution is 2.18. The molecule has 19 heavy (non-hydrogen) atoms. The largest absolute Gasteiger partial charge is 0.385 e. The Labute approximate surface area is 116 Å². The van der Waals surface area contributed by atoms with Crippen molar-refractivity contribution in [3.8, 4) is 0 Å². The standard InChI is InChI=1S/C16H25NO2/c1-12(2)14-7-6-13(3)15(10-14)11-16(18)17-8-5-9-19-4/h6-7,10,12H,5,8-9,11H2,1-4H3,(H,17,18). The molecule has 1 aromatic carbocycles. The summed E-state index contributed by atoms with van der Waals surface area (Å²) in [7, 11) is 1.67. The molecule has 0 atom stereocenters. The summed E-state index contributed by atoms with van der Waals surface area (Å²) in [6, 6.07) is 6.39. The van der Waals surface area contributed by atoms with Crippen LogP contribution in [0.2, 0.25) is 0 Å². The Balaban J connectivity index is 2.55. The summed E-state index contributed by atoms with van der Waals surface area (Å²) < 4.78 is 4.95. The Morgan fingerprint density at radius 3 is 2.74 bits per heavy atom. The van der Waals surface area contributed by atoms with Crippen LogP contribution in [0.15, 0.2) is 18.2 Å². The third-order valence-corrected chi connectivity index (χ3v) is 3.24. The van der Waals surface area contributed by atoms with Crippen molar-refractivity contribution in [2.24, 2.45) is 0 Å². The predicted octanol–water partition coefficient (Wildman–Crippen LogP) is 2.81. The van der Waals surface area contributed by atoms with Crippen LogP contribution in [0, 0.1) is 6.92 Å². The van der Waals surface area contributed by atoms with Crippen LogP contribution in [-0.2, 0) is 16.0 Å². The number of hydrogen-bond acceptors (Lipinski definition) is 2. The van der Waals surface area contributed by atoms with Gasteiger partial charge in [0, 0.05) is 20.3 Å². The van der Waals surface area contributed by atoms with Gasteiger partial charge >= 0.3 is 0 Å². The molecule has 0 aliphatic rings. The van der Waals surface area contributed by atoms with Crippen molar-refractivity contribution in [3.63, 3.8) is 0 Å². The van der Waals surface area contributed by atoms with E-state index in [0.29, 0.717) is 25.5 Å². The predicted molar refractivity (Wildman–Crippen MR) is 78.5 cm³/mol. The minimum Gasteiger partial charge on any atom is -0.385 e. The summed E-state index contributed by atoms with van der Waals surface area (Å²) in [6.45, 7) is 7.74. The summed E-state index contributed by atoms with van der Waals surface area (Å²) in [5.41, 5.74) is 3.58. The second-order valence-electron chi connectivity index (χ2n) is 5.21. The molecule has 0 fully saturated rings. The van der Waals surface area contributed by atoms with Crippen LogP contribution in [0.5, 0.6) is 0 Å². The number of benzene rings is 1. The molecule has 106 valence electrons. The average molecular weight is 263 g/mol. The van der Waals surface area contributed by atoms with Gasteiger partial charge in [0.2, 0.25) is 5.91 Å². The van der Waals surface area contributed by atoms with Crippen molar-refractivity contribution in [3.05, 3.63) is 34.9 Å². The normalized spacial score (nSPS) is 10.8. The molecule has 1 rings (SSSR count). The lowest BCUT2D eigenvalue weighted by molar-refractivity contribution is -0.120. The van der Waals surface area contributed by atoms with Gasteiger partial charge in [0.1, 0.15) is 0 Å². The number of carbonyl (C=O) groups is 1. The quantitative estimate of drug-likeness (QED) is 0.768. The Bertz CT molecular complexity index is 413. The first-order valence-electron chi connectivity index (χ1n) is 6.89. The minimum absolute atomic E-state index is 0.0834. The van der Waals surface area contributed by atoms with Gasteiger partial charge in [0.15, 0.2) is 0 Å². The number of amides is 1. The maximum atomic E-state index is 11.9. The number of carbonyl (C=O) groups excluding carboxylic acids is 1. The van der Waals surface area contributed by atoms with E-state index in [2.05, 4.69) is 44.3 Å². The molecule has 0 spiro atoms. The number of ether oxygens (including phenoxy) is 1. The smallest absolute Gasteiger partial charge is 0.224 e. The number of nitrogens with one attached hydrogen (secondary N) is 1. The molecule has 0 saturated carbocycles.